The Kier molecular flexibility index (Phi) is 4.16. The second kappa shape index (κ2) is 6.02. The van der Waals surface area contributed by atoms with E-state index in [0.29, 0.717) is 11.5 Å². The van der Waals surface area contributed by atoms with Crippen molar-refractivity contribution in [3.63, 3.8) is 0 Å². The molecule has 8 nitrogen and oxygen atoms in total. The molecule has 5 N–H and O–H groups in total. The minimum atomic E-state index is -1.14. The van der Waals surface area contributed by atoms with Crippen LogP contribution in [-0.4, -0.2) is 33.0 Å². The molecule has 0 aliphatic heterocycles. The van der Waals surface area contributed by atoms with Gasteiger partial charge in [-0.3, -0.25) is 4.79 Å². The van der Waals surface area contributed by atoms with Crippen molar-refractivity contribution in [2.75, 3.05) is 0 Å². The molecule has 0 radical (unpaired) electrons. The summed E-state index contributed by atoms with van der Waals surface area (Å²) in [7, 11) is 0. The largest absolute Gasteiger partial charge is 0.480 e. The zero-order valence-corrected chi connectivity index (χ0v) is 10.5. The second-order valence-electron chi connectivity index (χ2n) is 4.12. The number of carboxylic acids is 1. The summed E-state index contributed by atoms with van der Waals surface area (Å²) >= 11 is 0. The van der Waals surface area contributed by atoms with Gasteiger partial charge in [-0.15, -0.1) is 0 Å². The average molecular weight is 278 g/mol. The third kappa shape index (κ3) is 3.23. The lowest BCUT2D eigenvalue weighted by Gasteiger charge is -2.12. The van der Waals surface area contributed by atoms with Gasteiger partial charge >= 0.3 is 5.97 Å². The van der Waals surface area contributed by atoms with Crippen LogP contribution >= 0.6 is 0 Å². The van der Waals surface area contributed by atoms with Gasteiger partial charge in [-0.1, -0.05) is 0 Å². The number of nitrogens with one attached hydrogen (secondary N) is 2. The standard InChI is InChI=1S/C12H14N4O4/c13-4-8-1-2-10(20-8)11(17)16-9(12(18)19)3-7-5-14-6-15-7/h1-2,5-6,9H,3-4,13H2,(H,14,15)(H,16,17)(H,18,19)/t9-/m1/s1. The maximum absolute atomic E-state index is 11.9. The van der Waals surface area contributed by atoms with E-state index in [1.165, 1.54) is 18.6 Å². The number of imidazole rings is 1. The average Bonchev–Trinajstić information content (AvgIpc) is 3.08. The molecule has 8 heteroatoms. The molecular weight excluding hydrogens is 264 g/mol. The van der Waals surface area contributed by atoms with Crippen LogP contribution in [0.3, 0.4) is 0 Å². The predicted octanol–water partition coefficient (Wildman–Crippen LogP) is -0.113. The van der Waals surface area contributed by atoms with Gasteiger partial charge in [0.25, 0.3) is 5.91 Å². The number of nitrogens with zero attached hydrogens (tertiary/aromatic N) is 1. The van der Waals surface area contributed by atoms with E-state index in [0.717, 1.165) is 0 Å². The highest BCUT2D eigenvalue weighted by atomic mass is 16.4. The molecule has 0 aliphatic rings. The van der Waals surface area contributed by atoms with E-state index in [1.807, 2.05) is 0 Å². The van der Waals surface area contributed by atoms with Gasteiger partial charge in [-0.2, -0.15) is 0 Å². The van der Waals surface area contributed by atoms with Crippen molar-refractivity contribution in [2.24, 2.45) is 5.73 Å². The maximum atomic E-state index is 11.9. The Hall–Kier alpha value is -2.61. The molecule has 0 saturated heterocycles. The Labute approximate surface area is 114 Å². The molecule has 20 heavy (non-hydrogen) atoms. The molecule has 1 amide bonds. The lowest BCUT2D eigenvalue weighted by atomic mass is 10.1. The van der Waals surface area contributed by atoms with Crippen molar-refractivity contribution in [3.8, 4) is 0 Å². The third-order valence-corrected chi connectivity index (χ3v) is 2.67. The number of carboxylic acid groups (broad SMARTS) is 1. The monoisotopic (exact) mass is 278 g/mol. The SMILES string of the molecule is NCc1ccc(C(=O)N[C@H](Cc2cnc[nH]2)C(=O)O)o1. The number of H-pyrrole nitrogens is 1. The summed E-state index contributed by atoms with van der Waals surface area (Å²) in [6.07, 6.45) is 3.04. The molecule has 0 spiro atoms. The van der Waals surface area contributed by atoms with Crippen LogP contribution in [0.1, 0.15) is 22.0 Å². The number of hydrogen-bond acceptors (Lipinski definition) is 5. The van der Waals surface area contributed by atoms with Crippen LogP contribution in [0.25, 0.3) is 0 Å². The first-order valence-corrected chi connectivity index (χ1v) is 5.90. The Bertz CT molecular complexity index is 590. The molecule has 106 valence electrons. The van der Waals surface area contributed by atoms with Crippen LogP contribution < -0.4 is 11.1 Å². The molecule has 2 aromatic rings. The lowest BCUT2D eigenvalue weighted by Crippen LogP contribution is -2.42. The Morgan fingerprint density at radius 1 is 1.50 bits per heavy atom. The molecule has 2 heterocycles. The highest BCUT2D eigenvalue weighted by Crippen LogP contribution is 2.08. The summed E-state index contributed by atoms with van der Waals surface area (Å²) in [4.78, 5) is 29.6. The number of carbonyl (C=O) groups excluding carboxylic acids is 1. The van der Waals surface area contributed by atoms with Crippen LogP contribution in [0.4, 0.5) is 0 Å². The van der Waals surface area contributed by atoms with Crippen molar-refractivity contribution < 1.29 is 19.1 Å². The first-order chi connectivity index (χ1) is 9.60. The molecule has 0 bridgehead atoms. The highest BCUT2D eigenvalue weighted by molar-refractivity contribution is 5.94. The highest BCUT2D eigenvalue weighted by Gasteiger charge is 2.23. The number of aliphatic carboxylic acids is 1. The lowest BCUT2D eigenvalue weighted by molar-refractivity contribution is -0.139. The second-order valence-corrected chi connectivity index (χ2v) is 4.12. The van der Waals surface area contributed by atoms with Crippen LogP contribution in [0, 0.1) is 0 Å². The number of furan rings is 1. The maximum Gasteiger partial charge on any atom is 0.326 e. The van der Waals surface area contributed by atoms with Crippen molar-refractivity contribution in [3.05, 3.63) is 41.9 Å². The number of amides is 1. The van der Waals surface area contributed by atoms with E-state index < -0.39 is 17.9 Å². The van der Waals surface area contributed by atoms with Gasteiger partial charge in [0.15, 0.2) is 5.76 Å². The van der Waals surface area contributed by atoms with Gasteiger partial charge in [0, 0.05) is 18.3 Å². The number of nitrogens with two attached hydrogens (primary N) is 1. The smallest absolute Gasteiger partial charge is 0.326 e. The van der Waals surface area contributed by atoms with Crippen molar-refractivity contribution in [2.45, 2.75) is 19.0 Å². The van der Waals surface area contributed by atoms with E-state index in [2.05, 4.69) is 15.3 Å². The number of hydrogen-bond donors (Lipinski definition) is 4. The minimum Gasteiger partial charge on any atom is -0.480 e. The topological polar surface area (TPSA) is 134 Å². The van der Waals surface area contributed by atoms with E-state index in [9.17, 15) is 9.59 Å². The molecule has 2 aromatic heterocycles. The normalized spacial score (nSPS) is 12.1. The molecule has 0 fully saturated rings. The number of aromatic nitrogens is 2. The predicted molar refractivity (Wildman–Crippen MR) is 67.8 cm³/mol. The van der Waals surface area contributed by atoms with E-state index in [4.69, 9.17) is 15.3 Å². The fourth-order valence-electron chi connectivity index (χ4n) is 1.66. The van der Waals surface area contributed by atoms with Crippen LogP contribution in [0.5, 0.6) is 0 Å². The number of aromatic amines is 1. The Balaban J connectivity index is 2.04. The third-order valence-electron chi connectivity index (χ3n) is 2.67. The molecule has 1 atom stereocenters. The summed E-state index contributed by atoms with van der Waals surface area (Å²) in [6.45, 7) is 0.170. The van der Waals surface area contributed by atoms with E-state index in [-0.39, 0.29) is 18.7 Å². The Morgan fingerprint density at radius 3 is 2.85 bits per heavy atom. The summed E-state index contributed by atoms with van der Waals surface area (Å²) in [5.74, 6) is -1.26. The van der Waals surface area contributed by atoms with Crippen LogP contribution in [0.2, 0.25) is 0 Å². The van der Waals surface area contributed by atoms with E-state index >= 15 is 0 Å². The van der Waals surface area contributed by atoms with Crippen LogP contribution in [0.15, 0.2) is 29.1 Å². The fourth-order valence-corrected chi connectivity index (χ4v) is 1.66. The van der Waals surface area contributed by atoms with Crippen molar-refractivity contribution >= 4 is 11.9 Å². The van der Waals surface area contributed by atoms with Gasteiger partial charge in [-0.05, 0) is 12.1 Å². The molecule has 0 aromatic carbocycles. The summed E-state index contributed by atoms with van der Waals surface area (Å²) < 4.78 is 5.16. The zero-order valence-electron chi connectivity index (χ0n) is 10.5. The first kappa shape index (κ1) is 13.8. The van der Waals surface area contributed by atoms with Crippen molar-refractivity contribution in [1.82, 2.24) is 15.3 Å². The van der Waals surface area contributed by atoms with E-state index in [1.54, 1.807) is 6.07 Å². The Morgan fingerprint density at radius 2 is 2.30 bits per heavy atom. The summed E-state index contributed by atoms with van der Waals surface area (Å²) in [6, 6.07) is 1.95. The zero-order chi connectivity index (χ0) is 14.5. The summed E-state index contributed by atoms with van der Waals surface area (Å²) in [5.41, 5.74) is 5.98. The first-order valence-electron chi connectivity index (χ1n) is 5.90. The van der Waals surface area contributed by atoms with Gasteiger partial charge in [0.1, 0.15) is 11.8 Å². The quantitative estimate of drug-likeness (QED) is 0.582. The molecular formula is C12H14N4O4. The van der Waals surface area contributed by atoms with Gasteiger partial charge < -0.3 is 25.6 Å². The molecule has 2 rings (SSSR count). The molecule has 0 saturated carbocycles. The molecule has 0 aliphatic carbocycles. The van der Waals surface area contributed by atoms with Crippen LogP contribution in [-0.2, 0) is 17.8 Å². The van der Waals surface area contributed by atoms with Gasteiger partial charge in [0.2, 0.25) is 0 Å². The van der Waals surface area contributed by atoms with Crippen molar-refractivity contribution in [1.29, 1.82) is 0 Å². The summed E-state index contributed by atoms with van der Waals surface area (Å²) in [5, 5.41) is 11.5. The van der Waals surface area contributed by atoms with Gasteiger partial charge in [-0.25, -0.2) is 9.78 Å². The minimum absolute atomic E-state index is 0.0290. The number of rotatable bonds is 6. The fraction of sp³-hybridized carbons (Fsp3) is 0.250. The molecule has 0 unspecified atom stereocenters. The number of carbonyl (C=O) groups is 2. The van der Waals surface area contributed by atoms with Gasteiger partial charge in [0.05, 0.1) is 12.9 Å².